The van der Waals surface area contributed by atoms with Gasteiger partial charge in [-0.15, -0.1) is 0 Å². The summed E-state index contributed by atoms with van der Waals surface area (Å²) in [7, 11) is -3.42. The summed E-state index contributed by atoms with van der Waals surface area (Å²) in [5.74, 6) is 0.587. The van der Waals surface area contributed by atoms with Gasteiger partial charge in [0.15, 0.2) is 5.82 Å². The number of aromatic nitrogens is 2. The fourth-order valence-corrected chi connectivity index (χ4v) is 2.81. The largest absolute Gasteiger partial charge is 0.354 e. The summed E-state index contributed by atoms with van der Waals surface area (Å²) in [5, 5.41) is 6.52. The van der Waals surface area contributed by atoms with Crippen LogP contribution in [-0.2, 0) is 27.7 Å². The minimum atomic E-state index is -3.42. The first-order chi connectivity index (χ1) is 11.3. The van der Waals surface area contributed by atoms with E-state index < -0.39 is 22.0 Å². The number of benzene rings is 1. The molecule has 8 nitrogen and oxygen atoms in total. The molecule has 1 aromatic carbocycles. The van der Waals surface area contributed by atoms with E-state index in [2.05, 4.69) is 20.2 Å². The molecule has 1 atom stereocenters. The fraction of sp³-hybridized carbons (Fsp3) is 0.400. The molecule has 1 amide bonds. The van der Waals surface area contributed by atoms with E-state index in [4.69, 9.17) is 4.52 Å². The molecule has 0 aliphatic carbocycles. The lowest BCUT2D eigenvalue weighted by Gasteiger charge is -2.11. The Bertz CT molecular complexity index is 774. The van der Waals surface area contributed by atoms with Gasteiger partial charge in [-0.1, -0.05) is 35.5 Å². The van der Waals surface area contributed by atoms with E-state index >= 15 is 0 Å². The zero-order valence-electron chi connectivity index (χ0n) is 13.5. The molecule has 0 aliphatic heterocycles. The topological polar surface area (TPSA) is 114 Å². The lowest BCUT2D eigenvalue weighted by Crippen LogP contribution is -2.44. The van der Waals surface area contributed by atoms with Crippen LogP contribution in [0.1, 0.15) is 24.2 Å². The Balaban J connectivity index is 1.78. The third kappa shape index (κ3) is 6.09. The highest BCUT2D eigenvalue weighted by molar-refractivity contribution is 7.88. The van der Waals surface area contributed by atoms with Gasteiger partial charge in [0.1, 0.15) is 0 Å². The fourth-order valence-electron chi connectivity index (χ4n) is 2.06. The van der Waals surface area contributed by atoms with Crippen molar-refractivity contribution in [2.45, 2.75) is 25.8 Å². The van der Waals surface area contributed by atoms with Gasteiger partial charge in [-0.25, -0.2) is 13.1 Å². The first kappa shape index (κ1) is 18.1. The summed E-state index contributed by atoms with van der Waals surface area (Å²) in [5.41, 5.74) is 1.08. The normalized spacial score (nSPS) is 12.8. The van der Waals surface area contributed by atoms with Gasteiger partial charge in [0.05, 0.1) is 12.3 Å². The van der Waals surface area contributed by atoms with Crippen LogP contribution in [0.25, 0.3) is 0 Å². The van der Waals surface area contributed by atoms with E-state index in [1.165, 1.54) is 6.92 Å². The number of rotatable bonds is 8. The number of nitrogens with zero attached hydrogens (tertiary/aromatic N) is 2. The van der Waals surface area contributed by atoms with Gasteiger partial charge < -0.3 is 9.84 Å². The summed E-state index contributed by atoms with van der Waals surface area (Å²) in [6, 6.07) is 8.94. The van der Waals surface area contributed by atoms with Gasteiger partial charge in [-0.2, -0.15) is 4.98 Å². The van der Waals surface area contributed by atoms with Crippen molar-refractivity contribution in [1.82, 2.24) is 20.2 Å². The second-order valence-electron chi connectivity index (χ2n) is 5.42. The van der Waals surface area contributed by atoms with Gasteiger partial charge in [0, 0.05) is 19.4 Å². The third-order valence-corrected chi connectivity index (χ3v) is 3.92. The summed E-state index contributed by atoms with van der Waals surface area (Å²) in [4.78, 5) is 16.0. The van der Waals surface area contributed by atoms with Crippen LogP contribution in [0.15, 0.2) is 34.9 Å². The predicted molar refractivity (Wildman–Crippen MR) is 87.7 cm³/mol. The number of nitrogens with one attached hydrogen (secondary N) is 2. The second kappa shape index (κ2) is 8.02. The van der Waals surface area contributed by atoms with Crippen molar-refractivity contribution in [3.05, 3.63) is 47.6 Å². The minimum absolute atomic E-state index is 0.279. The molecule has 0 spiro atoms. The Kier molecular flexibility index (Phi) is 6.04. The first-order valence-electron chi connectivity index (χ1n) is 7.44. The third-order valence-electron chi connectivity index (χ3n) is 3.14. The van der Waals surface area contributed by atoms with E-state index in [9.17, 15) is 13.2 Å². The average Bonchev–Trinajstić information content (AvgIpc) is 2.94. The molecule has 0 bridgehead atoms. The van der Waals surface area contributed by atoms with E-state index in [0.29, 0.717) is 24.6 Å². The number of amides is 1. The van der Waals surface area contributed by atoms with Crippen LogP contribution in [-0.4, -0.2) is 43.3 Å². The van der Waals surface area contributed by atoms with Crippen molar-refractivity contribution in [3.8, 4) is 0 Å². The zero-order chi connectivity index (χ0) is 17.6. The van der Waals surface area contributed by atoms with Gasteiger partial charge >= 0.3 is 0 Å². The van der Waals surface area contributed by atoms with Crippen LogP contribution in [0.4, 0.5) is 0 Å². The van der Waals surface area contributed by atoms with Gasteiger partial charge in [-0.3, -0.25) is 4.79 Å². The molecule has 0 aliphatic rings. The maximum atomic E-state index is 11.8. The Morgan fingerprint density at radius 2 is 2.00 bits per heavy atom. The maximum absolute atomic E-state index is 11.8. The van der Waals surface area contributed by atoms with Crippen molar-refractivity contribution in [3.63, 3.8) is 0 Å². The Hall–Kier alpha value is -2.26. The van der Waals surface area contributed by atoms with E-state index in [0.717, 1.165) is 11.8 Å². The smallest absolute Gasteiger partial charge is 0.237 e. The van der Waals surface area contributed by atoms with Crippen LogP contribution in [0.3, 0.4) is 0 Å². The highest BCUT2D eigenvalue weighted by atomic mass is 32.2. The van der Waals surface area contributed by atoms with Crippen LogP contribution in [0, 0.1) is 0 Å². The molecule has 9 heteroatoms. The average molecular weight is 352 g/mol. The molecular formula is C15H20N4O4S. The quantitative estimate of drug-likeness (QED) is 0.704. The lowest BCUT2D eigenvalue weighted by molar-refractivity contribution is -0.122. The van der Waals surface area contributed by atoms with Gasteiger partial charge in [0.2, 0.25) is 21.8 Å². The predicted octanol–water partition coefficient (Wildman–Crippen LogP) is 0.257. The Labute approximate surface area is 140 Å². The highest BCUT2D eigenvalue weighted by Gasteiger charge is 2.16. The Morgan fingerprint density at radius 1 is 1.29 bits per heavy atom. The van der Waals surface area contributed by atoms with Crippen molar-refractivity contribution in [2.24, 2.45) is 0 Å². The second-order valence-corrected chi connectivity index (χ2v) is 7.20. The molecule has 2 aromatic rings. The van der Waals surface area contributed by atoms with Crippen molar-refractivity contribution in [1.29, 1.82) is 0 Å². The van der Waals surface area contributed by atoms with Crippen molar-refractivity contribution < 1.29 is 17.7 Å². The lowest BCUT2D eigenvalue weighted by atomic mass is 10.1. The molecule has 0 saturated carbocycles. The maximum Gasteiger partial charge on any atom is 0.237 e. The van der Waals surface area contributed by atoms with Crippen molar-refractivity contribution in [2.75, 3.05) is 12.8 Å². The molecule has 1 unspecified atom stereocenters. The molecule has 0 fully saturated rings. The molecule has 130 valence electrons. The molecule has 1 aromatic heterocycles. The first-order valence-corrected chi connectivity index (χ1v) is 9.33. The molecule has 1 heterocycles. The van der Waals surface area contributed by atoms with Crippen LogP contribution >= 0.6 is 0 Å². The van der Waals surface area contributed by atoms with E-state index in [1.807, 2.05) is 30.3 Å². The summed E-state index contributed by atoms with van der Waals surface area (Å²) < 4.78 is 29.5. The molecule has 2 N–H and O–H groups in total. The molecule has 0 radical (unpaired) electrons. The Morgan fingerprint density at radius 3 is 2.67 bits per heavy atom. The number of sulfonamides is 1. The summed E-state index contributed by atoms with van der Waals surface area (Å²) in [6.07, 6.45) is 1.95. The van der Waals surface area contributed by atoms with Gasteiger partial charge in [0.25, 0.3) is 0 Å². The van der Waals surface area contributed by atoms with Crippen LogP contribution < -0.4 is 10.0 Å². The van der Waals surface area contributed by atoms with Crippen LogP contribution in [0.5, 0.6) is 0 Å². The SMILES string of the molecule is CC(NS(C)(=O)=O)C(=O)NCCc1nc(Cc2ccccc2)no1. The van der Waals surface area contributed by atoms with E-state index in [1.54, 1.807) is 0 Å². The van der Waals surface area contributed by atoms with Gasteiger partial charge in [-0.05, 0) is 12.5 Å². The summed E-state index contributed by atoms with van der Waals surface area (Å²) >= 11 is 0. The van der Waals surface area contributed by atoms with Crippen LogP contribution in [0.2, 0.25) is 0 Å². The molecule has 0 saturated heterocycles. The molecular weight excluding hydrogens is 332 g/mol. The monoisotopic (exact) mass is 352 g/mol. The number of hydrogen-bond donors (Lipinski definition) is 2. The number of hydrogen-bond acceptors (Lipinski definition) is 6. The molecule has 24 heavy (non-hydrogen) atoms. The van der Waals surface area contributed by atoms with Crippen molar-refractivity contribution >= 4 is 15.9 Å². The highest BCUT2D eigenvalue weighted by Crippen LogP contribution is 2.06. The number of carbonyl (C=O) groups excluding carboxylic acids is 1. The standard InChI is InChI=1S/C15H20N4O4S/c1-11(19-24(2,21)22)15(20)16-9-8-14-17-13(18-23-14)10-12-6-4-3-5-7-12/h3-7,11,19H,8-10H2,1-2H3,(H,16,20). The zero-order valence-corrected chi connectivity index (χ0v) is 14.3. The van der Waals surface area contributed by atoms with E-state index in [-0.39, 0.29) is 6.54 Å². The minimum Gasteiger partial charge on any atom is -0.354 e. The molecule has 2 rings (SSSR count). The number of carbonyl (C=O) groups is 1. The summed E-state index contributed by atoms with van der Waals surface area (Å²) in [6.45, 7) is 1.75.